The molecule has 0 bridgehead atoms. The number of nitrogens with zero attached hydrogens (tertiary/aromatic N) is 2. The van der Waals surface area contributed by atoms with Crippen LogP contribution in [0.3, 0.4) is 0 Å². The van der Waals surface area contributed by atoms with Gasteiger partial charge in [0.1, 0.15) is 4.90 Å². The van der Waals surface area contributed by atoms with E-state index in [2.05, 4.69) is 0 Å². The first-order valence-corrected chi connectivity index (χ1v) is 11.9. The molecule has 0 aromatic heterocycles. The number of carbonyl (C=O) groups is 2. The Morgan fingerprint density at radius 1 is 1.06 bits per heavy atom. The fourth-order valence-corrected chi connectivity index (χ4v) is 5.42. The first kappa shape index (κ1) is 23.2. The molecule has 2 aromatic carbocycles. The number of likely N-dealkylation sites (N-methyl/N-ethyl adjacent to an activating group) is 1. The van der Waals surface area contributed by atoms with E-state index in [0.29, 0.717) is 18.8 Å². The fraction of sp³-hybridized carbons (Fsp3) is 0.364. The molecule has 1 aliphatic rings. The number of anilines is 1. The minimum absolute atomic E-state index is 0.0157. The molecule has 0 spiro atoms. The summed E-state index contributed by atoms with van der Waals surface area (Å²) in [5.74, 6) is -1.20. The summed E-state index contributed by atoms with van der Waals surface area (Å²) >= 11 is 6.15. The normalized spacial score (nSPS) is 15.8. The Morgan fingerprint density at radius 2 is 1.71 bits per heavy atom. The van der Waals surface area contributed by atoms with Gasteiger partial charge in [0.2, 0.25) is 10.0 Å². The van der Waals surface area contributed by atoms with Crippen molar-refractivity contribution in [1.29, 1.82) is 0 Å². The van der Waals surface area contributed by atoms with Gasteiger partial charge in [0, 0.05) is 25.8 Å². The summed E-state index contributed by atoms with van der Waals surface area (Å²) in [4.78, 5) is 26.5. The molecule has 166 valence electrons. The number of halogens is 1. The van der Waals surface area contributed by atoms with Crippen molar-refractivity contribution in [3.8, 4) is 0 Å². The molecule has 7 nitrogen and oxygen atoms in total. The van der Waals surface area contributed by atoms with Crippen molar-refractivity contribution >= 4 is 39.2 Å². The number of esters is 1. The molecule has 3 rings (SSSR count). The lowest BCUT2D eigenvalue weighted by Crippen LogP contribution is -2.37. The number of ether oxygens (including phenoxy) is 1. The number of piperidine rings is 1. The monoisotopic (exact) mass is 464 g/mol. The van der Waals surface area contributed by atoms with Gasteiger partial charge in [0.25, 0.3) is 5.91 Å². The van der Waals surface area contributed by atoms with E-state index >= 15 is 0 Å². The van der Waals surface area contributed by atoms with Crippen LogP contribution in [0, 0.1) is 0 Å². The molecule has 0 aliphatic carbocycles. The smallest absolute Gasteiger partial charge is 0.338 e. The third-order valence-electron chi connectivity index (χ3n) is 5.21. The quantitative estimate of drug-likeness (QED) is 0.608. The second kappa shape index (κ2) is 9.80. The Kier molecular flexibility index (Phi) is 7.35. The second-order valence-electron chi connectivity index (χ2n) is 7.39. The average molecular weight is 465 g/mol. The maximum absolute atomic E-state index is 13.0. The maximum Gasteiger partial charge on any atom is 0.338 e. The van der Waals surface area contributed by atoms with E-state index in [9.17, 15) is 18.0 Å². The fourth-order valence-electron chi connectivity index (χ4n) is 3.40. The van der Waals surface area contributed by atoms with E-state index in [0.717, 1.165) is 19.3 Å². The van der Waals surface area contributed by atoms with Crippen molar-refractivity contribution in [3.05, 3.63) is 59.1 Å². The third kappa shape index (κ3) is 5.26. The van der Waals surface area contributed by atoms with Gasteiger partial charge in [0.15, 0.2) is 6.10 Å². The van der Waals surface area contributed by atoms with Crippen LogP contribution in [0.1, 0.15) is 36.5 Å². The van der Waals surface area contributed by atoms with Gasteiger partial charge in [-0.1, -0.05) is 36.2 Å². The van der Waals surface area contributed by atoms with Gasteiger partial charge in [-0.25, -0.2) is 13.2 Å². The number of carbonyl (C=O) groups excluding carboxylic acids is 2. The molecule has 1 heterocycles. The van der Waals surface area contributed by atoms with E-state index in [4.69, 9.17) is 16.3 Å². The number of para-hydroxylation sites is 1. The SMILES string of the molecule is CC(OC(=O)c1ccc(Cl)c(S(=O)(=O)N2CCCCC2)c1)C(=O)N(C)c1ccccc1. The van der Waals surface area contributed by atoms with Crippen molar-refractivity contribution < 1.29 is 22.7 Å². The predicted octanol–water partition coefficient (Wildman–Crippen LogP) is 3.72. The molecule has 1 amide bonds. The summed E-state index contributed by atoms with van der Waals surface area (Å²) in [5, 5.41) is 0.0371. The van der Waals surface area contributed by atoms with Crippen molar-refractivity contribution in [2.45, 2.75) is 37.2 Å². The van der Waals surface area contributed by atoms with Gasteiger partial charge in [-0.3, -0.25) is 4.79 Å². The summed E-state index contributed by atoms with van der Waals surface area (Å²) in [6.07, 6.45) is 1.49. The zero-order valence-electron chi connectivity index (χ0n) is 17.5. The highest BCUT2D eigenvalue weighted by molar-refractivity contribution is 7.89. The van der Waals surface area contributed by atoms with E-state index in [1.165, 1.54) is 34.3 Å². The number of amides is 1. The third-order valence-corrected chi connectivity index (χ3v) is 7.59. The van der Waals surface area contributed by atoms with E-state index < -0.39 is 28.0 Å². The highest BCUT2D eigenvalue weighted by atomic mass is 35.5. The molecule has 1 unspecified atom stereocenters. The van der Waals surface area contributed by atoms with Gasteiger partial charge >= 0.3 is 5.97 Å². The van der Waals surface area contributed by atoms with Gasteiger partial charge in [-0.2, -0.15) is 4.31 Å². The molecule has 31 heavy (non-hydrogen) atoms. The number of sulfonamides is 1. The van der Waals surface area contributed by atoms with Crippen molar-refractivity contribution in [1.82, 2.24) is 4.31 Å². The van der Waals surface area contributed by atoms with Crippen LogP contribution in [0.2, 0.25) is 5.02 Å². The number of rotatable bonds is 6. The zero-order valence-corrected chi connectivity index (χ0v) is 19.0. The lowest BCUT2D eigenvalue weighted by molar-refractivity contribution is -0.126. The topological polar surface area (TPSA) is 84.0 Å². The van der Waals surface area contributed by atoms with Gasteiger partial charge in [-0.05, 0) is 50.1 Å². The summed E-state index contributed by atoms with van der Waals surface area (Å²) < 4.78 is 32.7. The maximum atomic E-state index is 13.0. The van der Waals surface area contributed by atoms with Gasteiger partial charge < -0.3 is 9.64 Å². The molecule has 0 N–H and O–H groups in total. The summed E-state index contributed by atoms with van der Waals surface area (Å²) in [7, 11) is -2.23. The second-order valence-corrected chi connectivity index (χ2v) is 9.70. The molecule has 1 fully saturated rings. The van der Waals surface area contributed by atoms with Gasteiger partial charge in [0.05, 0.1) is 10.6 Å². The van der Waals surface area contributed by atoms with Crippen LogP contribution in [-0.4, -0.2) is 50.8 Å². The van der Waals surface area contributed by atoms with Gasteiger partial charge in [-0.15, -0.1) is 0 Å². The molecular weight excluding hydrogens is 440 g/mol. The Balaban J connectivity index is 1.76. The molecule has 0 radical (unpaired) electrons. The highest BCUT2D eigenvalue weighted by Gasteiger charge is 2.30. The predicted molar refractivity (Wildman–Crippen MR) is 119 cm³/mol. The van der Waals surface area contributed by atoms with Crippen LogP contribution in [0.15, 0.2) is 53.4 Å². The van der Waals surface area contributed by atoms with Crippen molar-refractivity contribution in [3.63, 3.8) is 0 Å². The molecular formula is C22H25ClN2O5S. The first-order chi connectivity index (χ1) is 14.7. The van der Waals surface area contributed by atoms with Crippen molar-refractivity contribution in [2.75, 3.05) is 25.0 Å². The largest absolute Gasteiger partial charge is 0.449 e. The summed E-state index contributed by atoms with van der Waals surface area (Å²) in [6, 6.07) is 12.9. The van der Waals surface area contributed by atoms with E-state index in [1.54, 1.807) is 31.3 Å². The Hall–Kier alpha value is -2.42. The molecule has 9 heteroatoms. The standard InChI is InChI=1S/C22H25ClN2O5S/c1-16(21(26)24(2)18-9-5-3-6-10-18)30-22(27)17-11-12-19(23)20(15-17)31(28,29)25-13-7-4-8-14-25/h3,5-6,9-12,15-16H,4,7-8,13-14H2,1-2H3. The van der Waals surface area contributed by atoms with Crippen LogP contribution in [0.25, 0.3) is 0 Å². The summed E-state index contributed by atoms with van der Waals surface area (Å²) in [5.41, 5.74) is 0.679. The molecule has 1 saturated heterocycles. The summed E-state index contributed by atoms with van der Waals surface area (Å²) in [6.45, 7) is 2.32. The minimum atomic E-state index is -3.82. The molecule has 2 aromatic rings. The van der Waals surface area contributed by atoms with Crippen LogP contribution >= 0.6 is 11.6 Å². The number of hydrogen-bond acceptors (Lipinski definition) is 5. The molecule has 0 saturated carbocycles. The lowest BCUT2D eigenvalue weighted by Gasteiger charge is -2.26. The highest BCUT2D eigenvalue weighted by Crippen LogP contribution is 2.28. The Labute approximate surface area is 187 Å². The van der Waals surface area contributed by atoms with Crippen LogP contribution in [-0.2, 0) is 19.6 Å². The Bertz CT molecular complexity index is 1050. The van der Waals surface area contributed by atoms with Crippen LogP contribution < -0.4 is 4.90 Å². The Morgan fingerprint density at radius 3 is 2.35 bits per heavy atom. The lowest BCUT2D eigenvalue weighted by atomic mass is 10.2. The van der Waals surface area contributed by atoms with Crippen LogP contribution in [0.5, 0.6) is 0 Å². The van der Waals surface area contributed by atoms with E-state index in [-0.39, 0.29) is 15.5 Å². The zero-order chi connectivity index (χ0) is 22.6. The van der Waals surface area contributed by atoms with E-state index in [1.807, 2.05) is 6.07 Å². The number of benzene rings is 2. The minimum Gasteiger partial charge on any atom is -0.449 e. The molecule has 1 atom stereocenters. The van der Waals surface area contributed by atoms with Crippen LogP contribution in [0.4, 0.5) is 5.69 Å². The molecule has 1 aliphatic heterocycles. The average Bonchev–Trinajstić information content (AvgIpc) is 2.79. The van der Waals surface area contributed by atoms with Crippen molar-refractivity contribution in [2.24, 2.45) is 0 Å². The number of hydrogen-bond donors (Lipinski definition) is 0. The first-order valence-electron chi connectivity index (χ1n) is 10.0.